The first-order valence-electron chi connectivity index (χ1n) is 8.89. The van der Waals surface area contributed by atoms with E-state index in [1.54, 1.807) is 10.6 Å². The van der Waals surface area contributed by atoms with E-state index < -0.39 is 0 Å². The molecule has 7 nitrogen and oxygen atoms in total. The standard InChI is InChI=1S/C19H19FN6O/c1-9-10(2)26-16(7-21-9)22-18(24-26)14-6-13(14)17-11(3)25-8-12(20)5-15(27-4)19(25)23-17/h5,7-8,13-14H,6H2,1-4H3. The number of imidazole rings is 1. The average Bonchev–Trinajstić information content (AvgIpc) is 3.21. The Hall–Kier alpha value is -3.03. The Labute approximate surface area is 154 Å². The third-order valence-electron chi connectivity index (χ3n) is 5.49. The zero-order valence-electron chi connectivity index (χ0n) is 15.6. The highest BCUT2D eigenvalue weighted by Crippen LogP contribution is 2.54. The number of fused-ring (bicyclic) bond motifs is 2. The van der Waals surface area contributed by atoms with Crippen molar-refractivity contribution in [1.82, 2.24) is 29.0 Å². The topological polar surface area (TPSA) is 69.6 Å². The minimum absolute atomic E-state index is 0.212. The second-order valence-corrected chi connectivity index (χ2v) is 7.12. The van der Waals surface area contributed by atoms with Crippen LogP contribution in [0.15, 0.2) is 18.5 Å². The Bertz CT molecular complexity index is 1210. The van der Waals surface area contributed by atoms with Crippen LogP contribution < -0.4 is 4.74 Å². The van der Waals surface area contributed by atoms with Crippen LogP contribution in [0.2, 0.25) is 0 Å². The van der Waals surface area contributed by atoms with Crippen molar-refractivity contribution >= 4 is 11.3 Å². The summed E-state index contributed by atoms with van der Waals surface area (Å²) >= 11 is 0. The first-order chi connectivity index (χ1) is 13.0. The van der Waals surface area contributed by atoms with Crippen molar-refractivity contribution in [3.05, 3.63) is 52.9 Å². The van der Waals surface area contributed by atoms with Gasteiger partial charge in [0.05, 0.1) is 30.4 Å². The van der Waals surface area contributed by atoms with Crippen LogP contribution in [0.25, 0.3) is 11.3 Å². The van der Waals surface area contributed by atoms with E-state index in [1.165, 1.54) is 19.4 Å². The number of halogens is 1. The smallest absolute Gasteiger partial charge is 0.180 e. The van der Waals surface area contributed by atoms with Crippen LogP contribution in [0.4, 0.5) is 4.39 Å². The number of nitrogens with zero attached hydrogens (tertiary/aromatic N) is 6. The molecule has 138 valence electrons. The van der Waals surface area contributed by atoms with Gasteiger partial charge in [0, 0.05) is 29.8 Å². The van der Waals surface area contributed by atoms with Gasteiger partial charge in [0.2, 0.25) is 0 Å². The van der Waals surface area contributed by atoms with Crippen LogP contribution in [0.3, 0.4) is 0 Å². The van der Waals surface area contributed by atoms with Gasteiger partial charge in [-0.25, -0.2) is 18.9 Å². The van der Waals surface area contributed by atoms with Crippen molar-refractivity contribution in [1.29, 1.82) is 0 Å². The summed E-state index contributed by atoms with van der Waals surface area (Å²) in [6, 6.07) is 1.36. The minimum Gasteiger partial charge on any atom is -0.493 e. The van der Waals surface area contributed by atoms with Crippen LogP contribution in [0.5, 0.6) is 5.75 Å². The van der Waals surface area contributed by atoms with Crippen molar-refractivity contribution in [2.24, 2.45) is 0 Å². The number of hydrogen-bond acceptors (Lipinski definition) is 5. The van der Waals surface area contributed by atoms with E-state index in [9.17, 15) is 4.39 Å². The molecular weight excluding hydrogens is 347 g/mol. The molecule has 0 amide bonds. The molecule has 1 aliphatic carbocycles. The van der Waals surface area contributed by atoms with Gasteiger partial charge in [-0.05, 0) is 27.2 Å². The van der Waals surface area contributed by atoms with Crippen LogP contribution in [0, 0.1) is 26.6 Å². The quantitative estimate of drug-likeness (QED) is 0.557. The summed E-state index contributed by atoms with van der Waals surface area (Å²) in [4.78, 5) is 13.8. The number of methoxy groups -OCH3 is 1. The van der Waals surface area contributed by atoms with Gasteiger partial charge in [-0.2, -0.15) is 5.10 Å². The third-order valence-corrected chi connectivity index (χ3v) is 5.49. The molecule has 0 aromatic carbocycles. The molecule has 1 aliphatic rings. The van der Waals surface area contributed by atoms with Crippen LogP contribution in [-0.2, 0) is 0 Å². The van der Waals surface area contributed by atoms with Crippen molar-refractivity contribution < 1.29 is 9.13 Å². The number of aryl methyl sites for hydroxylation is 3. The highest BCUT2D eigenvalue weighted by molar-refractivity contribution is 5.57. The lowest BCUT2D eigenvalue weighted by Gasteiger charge is -2.03. The van der Waals surface area contributed by atoms with E-state index >= 15 is 0 Å². The monoisotopic (exact) mass is 366 g/mol. The van der Waals surface area contributed by atoms with E-state index in [2.05, 4.69) is 15.1 Å². The largest absolute Gasteiger partial charge is 0.493 e. The van der Waals surface area contributed by atoms with Gasteiger partial charge in [0.15, 0.2) is 22.9 Å². The molecule has 0 N–H and O–H groups in total. The average molecular weight is 366 g/mol. The van der Waals surface area contributed by atoms with Gasteiger partial charge < -0.3 is 4.74 Å². The minimum atomic E-state index is -0.348. The normalized spacial score (nSPS) is 19.1. The highest BCUT2D eigenvalue weighted by Gasteiger charge is 2.45. The second kappa shape index (κ2) is 5.48. The number of rotatable bonds is 3. The number of ether oxygens (including phenoxy) is 1. The van der Waals surface area contributed by atoms with Crippen molar-refractivity contribution in [3.8, 4) is 5.75 Å². The van der Waals surface area contributed by atoms with Gasteiger partial charge in [0.1, 0.15) is 5.82 Å². The summed E-state index contributed by atoms with van der Waals surface area (Å²) in [7, 11) is 1.53. The predicted molar refractivity (Wildman–Crippen MR) is 96.8 cm³/mol. The molecule has 0 spiro atoms. The molecule has 1 saturated carbocycles. The molecule has 5 rings (SSSR count). The van der Waals surface area contributed by atoms with E-state index in [0.717, 1.165) is 40.7 Å². The molecule has 2 atom stereocenters. The summed E-state index contributed by atoms with van der Waals surface area (Å²) in [6.45, 7) is 5.91. The first kappa shape index (κ1) is 16.2. The summed E-state index contributed by atoms with van der Waals surface area (Å²) in [5.41, 5.74) is 5.20. The second-order valence-electron chi connectivity index (χ2n) is 7.12. The Morgan fingerprint density at radius 2 is 1.96 bits per heavy atom. The molecule has 27 heavy (non-hydrogen) atoms. The molecule has 2 unspecified atom stereocenters. The van der Waals surface area contributed by atoms with Gasteiger partial charge in [-0.15, -0.1) is 0 Å². The molecule has 8 heteroatoms. The maximum Gasteiger partial charge on any atom is 0.180 e. The predicted octanol–water partition coefficient (Wildman–Crippen LogP) is 3.12. The molecule has 0 bridgehead atoms. The molecule has 4 heterocycles. The summed E-state index contributed by atoms with van der Waals surface area (Å²) in [5.74, 6) is 1.34. The molecular formula is C19H19FN6O. The number of aromatic nitrogens is 6. The van der Waals surface area contributed by atoms with E-state index in [0.29, 0.717) is 11.4 Å². The van der Waals surface area contributed by atoms with Crippen molar-refractivity contribution in [3.63, 3.8) is 0 Å². The van der Waals surface area contributed by atoms with Gasteiger partial charge in [-0.3, -0.25) is 9.38 Å². The fourth-order valence-electron chi connectivity index (χ4n) is 3.73. The van der Waals surface area contributed by atoms with Crippen LogP contribution in [0.1, 0.15) is 46.9 Å². The number of pyridine rings is 1. The Morgan fingerprint density at radius 3 is 2.74 bits per heavy atom. The maximum atomic E-state index is 13.9. The van der Waals surface area contributed by atoms with E-state index in [1.807, 2.05) is 25.3 Å². The van der Waals surface area contributed by atoms with Crippen LogP contribution >= 0.6 is 0 Å². The molecule has 0 saturated heterocycles. The molecule has 0 radical (unpaired) electrons. The maximum absolute atomic E-state index is 13.9. The summed E-state index contributed by atoms with van der Waals surface area (Å²) in [6.07, 6.45) is 4.12. The van der Waals surface area contributed by atoms with Gasteiger partial charge >= 0.3 is 0 Å². The lowest BCUT2D eigenvalue weighted by atomic mass is 10.2. The fourth-order valence-corrected chi connectivity index (χ4v) is 3.73. The fraction of sp³-hybridized carbons (Fsp3) is 0.368. The summed E-state index contributed by atoms with van der Waals surface area (Å²) in [5, 5.41) is 4.69. The lowest BCUT2D eigenvalue weighted by molar-refractivity contribution is 0.412. The third kappa shape index (κ3) is 2.32. The first-order valence-corrected chi connectivity index (χ1v) is 8.89. The zero-order chi connectivity index (χ0) is 18.9. The summed E-state index contributed by atoms with van der Waals surface area (Å²) < 4.78 is 22.8. The Kier molecular flexibility index (Phi) is 3.28. The van der Waals surface area contributed by atoms with Gasteiger partial charge in [-0.1, -0.05) is 0 Å². The molecule has 4 aromatic rings. The Balaban J connectivity index is 1.55. The molecule has 0 aliphatic heterocycles. The molecule has 4 aromatic heterocycles. The van der Waals surface area contributed by atoms with Crippen LogP contribution in [-0.4, -0.2) is 36.1 Å². The van der Waals surface area contributed by atoms with E-state index in [-0.39, 0.29) is 17.7 Å². The van der Waals surface area contributed by atoms with Crippen molar-refractivity contribution in [2.75, 3.05) is 7.11 Å². The lowest BCUT2D eigenvalue weighted by Crippen LogP contribution is -1.99. The van der Waals surface area contributed by atoms with E-state index in [4.69, 9.17) is 9.72 Å². The molecule has 1 fully saturated rings. The van der Waals surface area contributed by atoms with Crippen molar-refractivity contribution in [2.45, 2.75) is 39.0 Å². The SMILES string of the molecule is COc1cc(F)cn2c(C)c(C3CC3c3nc4cnc(C)c(C)n4n3)nc12. The number of hydrogen-bond donors (Lipinski definition) is 0. The zero-order valence-corrected chi connectivity index (χ0v) is 15.6. The van der Waals surface area contributed by atoms with Gasteiger partial charge in [0.25, 0.3) is 0 Å². The Morgan fingerprint density at radius 1 is 1.15 bits per heavy atom. The highest BCUT2D eigenvalue weighted by atomic mass is 19.1.